The topological polar surface area (TPSA) is 40.5 Å². The fourth-order valence-electron chi connectivity index (χ4n) is 1.02. The van der Waals surface area contributed by atoms with E-state index in [1.54, 1.807) is 6.07 Å². The third kappa shape index (κ3) is 2.39. The summed E-state index contributed by atoms with van der Waals surface area (Å²) in [6, 6.07) is 5.06. The minimum Gasteiger partial charge on any atom is -0.504 e. The Bertz CT molecular complexity index is 310. The summed E-state index contributed by atoms with van der Waals surface area (Å²) in [5, 5.41) is 18.9. The van der Waals surface area contributed by atoms with Gasteiger partial charge in [-0.1, -0.05) is 64.2 Å². The largest absolute Gasteiger partial charge is 0.504 e. The second-order valence-corrected chi connectivity index (χ2v) is 8.48. The van der Waals surface area contributed by atoms with Crippen LogP contribution in [0.3, 0.4) is 0 Å². The van der Waals surface area contributed by atoms with E-state index in [-0.39, 0.29) is 12.9 Å². The molecule has 0 saturated carbocycles. The molecule has 0 amide bonds. The van der Waals surface area contributed by atoms with E-state index in [0.717, 1.165) is 12.0 Å². The summed E-state index contributed by atoms with van der Waals surface area (Å²) >= 11 is 4.53. The van der Waals surface area contributed by atoms with E-state index in [9.17, 15) is 10.2 Å². The maximum absolute atomic E-state index is 9.60. The van der Waals surface area contributed by atoms with Crippen LogP contribution in [0.1, 0.15) is 18.9 Å². The van der Waals surface area contributed by atoms with Crippen LogP contribution in [0.15, 0.2) is 18.2 Å². The third-order valence-corrected chi connectivity index (χ3v) is 4.54. The highest BCUT2D eigenvalue weighted by Gasteiger charge is 2.26. The van der Waals surface area contributed by atoms with Crippen LogP contribution in [-0.4, -0.2) is 10.2 Å². The highest BCUT2D eigenvalue weighted by molar-refractivity contribution is 14.2. The van der Waals surface area contributed by atoms with Crippen molar-refractivity contribution in [3.63, 3.8) is 0 Å². The van der Waals surface area contributed by atoms with Crippen molar-refractivity contribution in [2.24, 2.45) is 0 Å². The van der Waals surface area contributed by atoms with Crippen molar-refractivity contribution in [2.75, 3.05) is 0 Å². The van der Waals surface area contributed by atoms with Crippen LogP contribution in [0.4, 0.5) is 0 Å². The SMILES string of the molecule is CCC(I)(I)c1cccc(O)c1O. The lowest BCUT2D eigenvalue weighted by Gasteiger charge is -2.20. The summed E-state index contributed by atoms with van der Waals surface area (Å²) < 4.78 is -0.154. The first-order valence-corrected chi connectivity index (χ1v) is 6.04. The van der Waals surface area contributed by atoms with Crippen LogP contribution >= 0.6 is 45.2 Å². The molecule has 1 aromatic rings. The number of hydrogen-bond acceptors (Lipinski definition) is 2. The summed E-state index contributed by atoms with van der Waals surface area (Å²) in [4.78, 5) is 0. The maximum atomic E-state index is 9.60. The highest BCUT2D eigenvalue weighted by atomic mass is 127. The average Bonchev–Trinajstić information content (AvgIpc) is 2.09. The molecule has 0 aliphatic carbocycles. The summed E-state index contributed by atoms with van der Waals surface area (Å²) in [5.74, 6) is -0.0585. The third-order valence-electron chi connectivity index (χ3n) is 1.85. The fraction of sp³-hybridized carbons (Fsp3) is 0.333. The first-order valence-electron chi connectivity index (χ1n) is 3.88. The van der Waals surface area contributed by atoms with Crippen LogP contribution in [0.2, 0.25) is 0 Å². The van der Waals surface area contributed by atoms with Crippen LogP contribution in [0.5, 0.6) is 11.5 Å². The monoisotopic (exact) mass is 404 g/mol. The van der Waals surface area contributed by atoms with Crippen molar-refractivity contribution in [1.29, 1.82) is 0 Å². The van der Waals surface area contributed by atoms with Gasteiger partial charge >= 0.3 is 0 Å². The van der Waals surface area contributed by atoms with Crippen LogP contribution in [-0.2, 0) is 1.43 Å². The second-order valence-electron chi connectivity index (χ2n) is 2.73. The molecule has 0 fully saturated rings. The molecular weight excluding hydrogens is 394 g/mol. The molecule has 0 aromatic heterocycles. The predicted molar refractivity (Wildman–Crippen MR) is 69.8 cm³/mol. The van der Waals surface area contributed by atoms with Gasteiger partial charge in [0.2, 0.25) is 0 Å². The van der Waals surface area contributed by atoms with Gasteiger partial charge in [-0.2, -0.15) is 0 Å². The van der Waals surface area contributed by atoms with Crippen molar-refractivity contribution in [2.45, 2.75) is 14.8 Å². The summed E-state index contributed by atoms with van der Waals surface area (Å²) in [7, 11) is 0. The van der Waals surface area contributed by atoms with E-state index in [4.69, 9.17) is 0 Å². The van der Waals surface area contributed by atoms with Crippen molar-refractivity contribution in [3.8, 4) is 11.5 Å². The number of phenols is 2. The molecule has 0 spiro atoms. The van der Waals surface area contributed by atoms with E-state index in [1.165, 1.54) is 6.07 Å². The molecule has 0 radical (unpaired) electrons. The van der Waals surface area contributed by atoms with Crippen molar-refractivity contribution >= 4 is 45.2 Å². The zero-order chi connectivity index (χ0) is 10.1. The van der Waals surface area contributed by atoms with Gasteiger partial charge in [0.25, 0.3) is 0 Å². The lowest BCUT2D eigenvalue weighted by Crippen LogP contribution is -2.06. The minimum absolute atomic E-state index is 0.00634. The molecule has 1 rings (SSSR count). The maximum Gasteiger partial charge on any atom is 0.162 e. The zero-order valence-electron chi connectivity index (χ0n) is 7.09. The van der Waals surface area contributed by atoms with E-state index in [1.807, 2.05) is 13.0 Å². The molecule has 0 bridgehead atoms. The second kappa shape index (κ2) is 4.20. The first-order chi connectivity index (χ1) is 5.99. The lowest BCUT2D eigenvalue weighted by molar-refractivity contribution is 0.399. The normalized spacial score (nSPS) is 11.6. The van der Waals surface area contributed by atoms with E-state index < -0.39 is 0 Å². The average molecular weight is 404 g/mol. The molecular formula is C9H10I2O2. The molecule has 0 aliphatic rings. The standard InChI is InChI=1S/C9H10I2O2/c1-2-9(10,11)6-4-3-5-7(12)8(6)13/h3-5,12-13H,2H2,1H3. The van der Waals surface area contributed by atoms with Gasteiger partial charge in [0.1, 0.15) is 1.43 Å². The van der Waals surface area contributed by atoms with Gasteiger partial charge in [-0.25, -0.2) is 0 Å². The molecule has 0 atom stereocenters. The van der Waals surface area contributed by atoms with Crippen LogP contribution in [0.25, 0.3) is 0 Å². The Morgan fingerprint density at radius 2 is 1.92 bits per heavy atom. The Hall–Kier alpha value is 0.280. The fourth-order valence-corrected chi connectivity index (χ4v) is 1.89. The predicted octanol–water partition coefficient (Wildman–Crippen LogP) is 3.53. The molecule has 72 valence electrons. The highest BCUT2D eigenvalue weighted by Crippen LogP contribution is 2.48. The number of alkyl halides is 2. The Morgan fingerprint density at radius 3 is 2.46 bits per heavy atom. The van der Waals surface area contributed by atoms with Gasteiger partial charge < -0.3 is 10.2 Å². The zero-order valence-corrected chi connectivity index (χ0v) is 11.4. The van der Waals surface area contributed by atoms with E-state index in [0.29, 0.717) is 0 Å². The van der Waals surface area contributed by atoms with Crippen LogP contribution < -0.4 is 0 Å². The quantitative estimate of drug-likeness (QED) is 0.450. The number of rotatable bonds is 2. The number of halogens is 2. The Labute approximate surface area is 105 Å². The molecule has 13 heavy (non-hydrogen) atoms. The van der Waals surface area contributed by atoms with E-state index >= 15 is 0 Å². The van der Waals surface area contributed by atoms with Crippen molar-refractivity contribution in [1.82, 2.24) is 0 Å². The molecule has 0 saturated heterocycles. The van der Waals surface area contributed by atoms with Gasteiger partial charge in [-0.05, 0) is 12.5 Å². The Balaban J connectivity index is 3.22. The number of aromatic hydroxyl groups is 2. The number of benzene rings is 1. The van der Waals surface area contributed by atoms with Crippen LogP contribution in [0, 0.1) is 0 Å². The molecule has 0 heterocycles. The summed E-state index contributed by atoms with van der Waals surface area (Å²) in [6.45, 7) is 2.04. The van der Waals surface area contributed by atoms with Gasteiger partial charge in [0.05, 0.1) is 0 Å². The first kappa shape index (κ1) is 11.4. The van der Waals surface area contributed by atoms with Gasteiger partial charge in [-0.3, -0.25) is 0 Å². The molecule has 2 N–H and O–H groups in total. The van der Waals surface area contributed by atoms with Crippen molar-refractivity contribution in [3.05, 3.63) is 23.8 Å². The Morgan fingerprint density at radius 1 is 1.31 bits per heavy atom. The Kier molecular flexibility index (Phi) is 3.67. The number of phenolic OH excluding ortho intramolecular Hbond substituents is 2. The molecule has 2 nitrogen and oxygen atoms in total. The summed E-state index contributed by atoms with van der Waals surface area (Å²) in [5.41, 5.74) is 0.774. The van der Waals surface area contributed by atoms with E-state index in [2.05, 4.69) is 45.2 Å². The summed E-state index contributed by atoms with van der Waals surface area (Å²) in [6.07, 6.45) is 0.894. The molecule has 1 aromatic carbocycles. The van der Waals surface area contributed by atoms with Gasteiger partial charge in [0.15, 0.2) is 11.5 Å². The molecule has 0 aliphatic heterocycles. The van der Waals surface area contributed by atoms with Gasteiger partial charge in [-0.15, -0.1) is 0 Å². The molecule has 4 heteroatoms. The van der Waals surface area contributed by atoms with Gasteiger partial charge in [0, 0.05) is 5.56 Å². The smallest absolute Gasteiger partial charge is 0.162 e. The number of hydrogen-bond donors (Lipinski definition) is 2. The lowest BCUT2D eigenvalue weighted by atomic mass is 10.1. The number of para-hydroxylation sites is 1. The minimum atomic E-state index is -0.154. The van der Waals surface area contributed by atoms with Crippen molar-refractivity contribution < 1.29 is 10.2 Å². The molecule has 0 unspecified atom stereocenters.